The Morgan fingerprint density at radius 2 is 2.29 bits per heavy atom. The number of carbonyl (C=O) groups excluding carboxylic acids is 1. The normalized spacial score (nSPS) is 16.0. The third kappa shape index (κ3) is 3.51. The fraction of sp³-hybridized carbons (Fsp3) is 0.294. The predicted molar refractivity (Wildman–Crippen MR) is 89.1 cm³/mol. The van der Waals surface area contributed by atoms with E-state index in [0.717, 1.165) is 22.6 Å². The number of methoxy groups -OCH3 is 1. The molecule has 1 amide bonds. The molecule has 0 saturated heterocycles. The van der Waals surface area contributed by atoms with Gasteiger partial charge in [0.05, 0.1) is 19.6 Å². The minimum absolute atomic E-state index is 0.116. The quantitative estimate of drug-likeness (QED) is 0.865. The number of carboxylic acid groups (broad SMARTS) is 1. The minimum atomic E-state index is -0.974. The van der Waals surface area contributed by atoms with Crippen molar-refractivity contribution in [3.63, 3.8) is 0 Å². The number of para-hydroxylation sites is 1. The smallest absolute Gasteiger partial charge is 0.345 e. The van der Waals surface area contributed by atoms with Crippen molar-refractivity contribution in [1.29, 1.82) is 0 Å². The van der Waals surface area contributed by atoms with E-state index in [9.17, 15) is 9.59 Å². The monoisotopic (exact) mass is 347 g/mol. The first-order valence-electron chi connectivity index (χ1n) is 7.45. The lowest BCUT2D eigenvalue weighted by Gasteiger charge is -2.27. The Bertz CT molecular complexity index is 770. The molecule has 1 aromatic carbocycles. The van der Waals surface area contributed by atoms with Crippen LogP contribution in [0.5, 0.6) is 11.5 Å². The standard InChI is InChI=1S/C17H17NO5S/c1-22-13-4-2-3-11-7-12(8-23-16(11)13)18-15(19)6-10-5-14(17(20)21)24-9-10/h2-5,9,12H,6-8H2,1H3,(H,18,19)(H,20,21). The maximum absolute atomic E-state index is 12.2. The van der Waals surface area contributed by atoms with Gasteiger partial charge in [0.15, 0.2) is 11.5 Å². The highest BCUT2D eigenvalue weighted by Crippen LogP contribution is 2.34. The molecule has 0 spiro atoms. The Balaban J connectivity index is 1.60. The van der Waals surface area contributed by atoms with Crippen LogP contribution in [0.2, 0.25) is 0 Å². The van der Waals surface area contributed by atoms with Crippen molar-refractivity contribution >= 4 is 23.2 Å². The van der Waals surface area contributed by atoms with Crippen LogP contribution in [0.3, 0.4) is 0 Å². The number of hydrogen-bond acceptors (Lipinski definition) is 5. The van der Waals surface area contributed by atoms with Gasteiger partial charge in [0.2, 0.25) is 5.91 Å². The minimum Gasteiger partial charge on any atom is -0.493 e. The molecule has 1 unspecified atom stereocenters. The summed E-state index contributed by atoms with van der Waals surface area (Å²) < 4.78 is 11.0. The molecule has 1 aliphatic rings. The van der Waals surface area contributed by atoms with Gasteiger partial charge >= 0.3 is 5.97 Å². The number of rotatable bonds is 5. The highest BCUT2D eigenvalue weighted by molar-refractivity contribution is 7.12. The van der Waals surface area contributed by atoms with Gasteiger partial charge in [-0.05, 0) is 29.5 Å². The third-order valence-corrected chi connectivity index (χ3v) is 4.74. The Morgan fingerprint density at radius 3 is 3.00 bits per heavy atom. The molecule has 3 rings (SSSR count). The SMILES string of the molecule is COc1cccc2c1OCC(NC(=O)Cc1csc(C(=O)O)c1)C2. The number of ether oxygens (including phenoxy) is 2. The Morgan fingerprint density at radius 1 is 1.46 bits per heavy atom. The lowest BCUT2D eigenvalue weighted by molar-refractivity contribution is -0.121. The second-order valence-electron chi connectivity index (χ2n) is 5.53. The van der Waals surface area contributed by atoms with Crippen LogP contribution in [0.15, 0.2) is 29.6 Å². The summed E-state index contributed by atoms with van der Waals surface area (Å²) in [5.41, 5.74) is 1.70. The molecule has 7 heteroatoms. The molecule has 0 bridgehead atoms. The van der Waals surface area contributed by atoms with E-state index >= 15 is 0 Å². The summed E-state index contributed by atoms with van der Waals surface area (Å²) in [6.07, 6.45) is 0.827. The average Bonchev–Trinajstić information content (AvgIpc) is 3.02. The van der Waals surface area contributed by atoms with Gasteiger partial charge in [0, 0.05) is 5.56 Å². The van der Waals surface area contributed by atoms with E-state index in [0.29, 0.717) is 24.3 Å². The second kappa shape index (κ2) is 6.92. The Kier molecular flexibility index (Phi) is 4.71. The molecule has 0 fully saturated rings. The summed E-state index contributed by atoms with van der Waals surface area (Å²) in [5, 5.41) is 13.5. The van der Waals surface area contributed by atoms with Gasteiger partial charge in [-0.25, -0.2) is 4.79 Å². The summed E-state index contributed by atoms with van der Waals surface area (Å²) in [6.45, 7) is 0.378. The summed E-state index contributed by atoms with van der Waals surface area (Å²) in [7, 11) is 1.60. The Hall–Kier alpha value is -2.54. The van der Waals surface area contributed by atoms with E-state index in [1.54, 1.807) is 12.5 Å². The molecular formula is C17H17NO5S. The fourth-order valence-corrected chi connectivity index (χ4v) is 3.44. The van der Waals surface area contributed by atoms with Crippen LogP contribution in [-0.2, 0) is 17.6 Å². The molecule has 6 nitrogen and oxygen atoms in total. The number of carbonyl (C=O) groups is 2. The van der Waals surface area contributed by atoms with Crippen molar-refractivity contribution in [2.24, 2.45) is 0 Å². The number of amides is 1. The number of aromatic carboxylic acids is 1. The highest BCUT2D eigenvalue weighted by Gasteiger charge is 2.24. The summed E-state index contributed by atoms with van der Waals surface area (Å²) in [4.78, 5) is 23.3. The van der Waals surface area contributed by atoms with E-state index < -0.39 is 5.97 Å². The van der Waals surface area contributed by atoms with Crippen molar-refractivity contribution in [1.82, 2.24) is 5.32 Å². The molecule has 1 aliphatic heterocycles. The van der Waals surface area contributed by atoms with Crippen molar-refractivity contribution in [3.8, 4) is 11.5 Å². The third-order valence-electron chi connectivity index (χ3n) is 3.77. The molecule has 1 atom stereocenters. The average molecular weight is 347 g/mol. The van der Waals surface area contributed by atoms with Gasteiger partial charge in [-0.3, -0.25) is 4.79 Å². The first-order chi connectivity index (χ1) is 11.6. The first-order valence-corrected chi connectivity index (χ1v) is 8.33. The van der Waals surface area contributed by atoms with Gasteiger partial charge in [-0.1, -0.05) is 12.1 Å². The lowest BCUT2D eigenvalue weighted by Crippen LogP contribution is -2.43. The van der Waals surface area contributed by atoms with Crippen molar-refractivity contribution in [2.45, 2.75) is 18.9 Å². The molecule has 2 heterocycles. The number of fused-ring (bicyclic) bond motifs is 1. The number of benzene rings is 1. The van der Waals surface area contributed by atoms with Gasteiger partial charge in [0.25, 0.3) is 0 Å². The van der Waals surface area contributed by atoms with Crippen LogP contribution in [0, 0.1) is 0 Å². The van der Waals surface area contributed by atoms with Gasteiger partial charge in [-0.2, -0.15) is 0 Å². The first kappa shape index (κ1) is 16.3. The maximum Gasteiger partial charge on any atom is 0.345 e. The van der Waals surface area contributed by atoms with E-state index in [2.05, 4.69) is 5.32 Å². The molecule has 0 radical (unpaired) electrons. The topological polar surface area (TPSA) is 84.9 Å². The van der Waals surface area contributed by atoms with Crippen LogP contribution >= 0.6 is 11.3 Å². The van der Waals surface area contributed by atoms with Crippen LogP contribution in [0.1, 0.15) is 20.8 Å². The largest absolute Gasteiger partial charge is 0.493 e. The Labute approximate surface area is 143 Å². The summed E-state index contributed by atoms with van der Waals surface area (Å²) in [5.74, 6) is 0.300. The van der Waals surface area contributed by atoms with Gasteiger partial charge in [-0.15, -0.1) is 11.3 Å². The second-order valence-corrected chi connectivity index (χ2v) is 6.44. The number of thiophene rings is 1. The van der Waals surface area contributed by atoms with Crippen molar-refractivity contribution in [2.75, 3.05) is 13.7 Å². The predicted octanol–water partition coefficient (Wildman–Crippen LogP) is 2.12. The van der Waals surface area contributed by atoms with Crippen LogP contribution in [0.4, 0.5) is 0 Å². The summed E-state index contributed by atoms with van der Waals surface area (Å²) >= 11 is 1.12. The van der Waals surface area contributed by atoms with E-state index in [-0.39, 0.29) is 23.2 Å². The molecule has 24 heavy (non-hydrogen) atoms. The zero-order chi connectivity index (χ0) is 17.1. The van der Waals surface area contributed by atoms with Gasteiger partial charge < -0.3 is 19.9 Å². The van der Waals surface area contributed by atoms with Gasteiger partial charge in [0.1, 0.15) is 11.5 Å². The molecule has 0 aliphatic carbocycles. The van der Waals surface area contributed by atoms with Crippen molar-refractivity contribution < 1.29 is 24.2 Å². The van der Waals surface area contributed by atoms with E-state index in [1.807, 2.05) is 18.2 Å². The van der Waals surface area contributed by atoms with E-state index in [4.69, 9.17) is 14.6 Å². The zero-order valence-electron chi connectivity index (χ0n) is 13.1. The fourth-order valence-electron chi connectivity index (χ4n) is 2.69. The highest BCUT2D eigenvalue weighted by atomic mass is 32.1. The lowest BCUT2D eigenvalue weighted by atomic mass is 10.0. The molecule has 126 valence electrons. The van der Waals surface area contributed by atoms with Crippen molar-refractivity contribution in [3.05, 3.63) is 45.6 Å². The molecule has 0 saturated carbocycles. The molecule has 2 aromatic rings. The zero-order valence-corrected chi connectivity index (χ0v) is 13.9. The van der Waals surface area contributed by atoms with Crippen LogP contribution < -0.4 is 14.8 Å². The van der Waals surface area contributed by atoms with E-state index in [1.165, 1.54) is 6.07 Å². The molecule has 2 N–H and O–H groups in total. The molecular weight excluding hydrogens is 330 g/mol. The number of nitrogens with one attached hydrogen (secondary N) is 1. The van der Waals surface area contributed by atoms with Crippen LogP contribution in [0.25, 0.3) is 0 Å². The summed E-state index contributed by atoms with van der Waals surface area (Å²) in [6, 6.07) is 7.10. The molecule has 1 aromatic heterocycles. The maximum atomic E-state index is 12.2. The number of hydrogen-bond donors (Lipinski definition) is 2. The van der Waals surface area contributed by atoms with Crippen LogP contribution in [-0.4, -0.2) is 36.7 Å². The number of carboxylic acids is 1.